The van der Waals surface area contributed by atoms with Gasteiger partial charge in [0.1, 0.15) is 5.75 Å². The lowest BCUT2D eigenvalue weighted by Crippen LogP contribution is -2.40. The van der Waals surface area contributed by atoms with Gasteiger partial charge in [-0.15, -0.1) is 4.91 Å². The minimum absolute atomic E-state index is 0.0790. The number of carbonyl (C=O) groups is 1. The number of nitroso groups, excluding NO2 is 1. The van der Waals surface area contributed by atoms with Gasteiger partial charge in [0.2, 0.25) is 6.10 Å². The first-order valence-electron chi connectivity index (χ1n) is 8.18. The van der Waals surface area contributed by atoms with E-state index in [4.69, 9.17) is 4.74 Å². The molecule has 1 unspecified atom stereocenters. The van der Waals surface area contributed by atoms with E-state index in [0.29, 0.717) is 11.1 Å². The lowest BCUT2D eigenvalue weighted by Gasteiger charge is -2.33. The van der Waals surface area contributed by atoms with Crippen LogP contribution in [0.15, 0.2) is 22.9 Å². The SMILES string of the molecule is CC(C)(C)c1cc2c(c(C(C)(C)C)c1)OC(C(F)(F)F)C(C(=O)N=O)=C2. The number of nitrogens with zero attached hydrogens (tertiary/aromatic N) is 1. The Hall–Kier alpha value is -2.18. The van der Waals surface area contributed by atoms with Crippen molar-refractivity contribution in [3.63, 3.8) is 0 Å². The van der Waals surface area contributed by atoms with E-state index in [-0.39, 0.29) is 11.2 Å². The molecule has 0 aliphatic carbocycles. The molecule has 0 radical (unpaired) electrons. The normalized spacial score (nSPS) is 17.9. The van der Waals surface area contributed by atoms with Crippen molar-refractivity contribution in [1.29, 1.82) is 0 Å². The number of ether oxygens (including phenoxy) is 1. The van der Waals surface area contributed by atoms with E-state index in [1.807, 2.05) is 47.6 Å². The fraction of sp³-hybridized carbons (Fsp3) is 0.526. The molecule has 1 aromatic carbocycles. The summed E-state index contributed by atoms with van der Waals surface area (Å²) in [6.07, 6.45) is -6.28. The highest BCUT2D eigenvalue weighted by molar-refractivity contribution is 6.00. The molecule has 1 aliphatic heterocycles. The monoisotopic (exact) mass is 369 g/mol. The summed E-state index contributed by atoms with van der Waals surface area (Å²) in [6.45, 7) is 11.6. The first-order chi connectivity index (χ1) is 11.7. The van der Waals surface area contributed by atoms with Gasteiger partial charge in [-0.2, -0.15) is 13.2 Å². The fourth-order valence-corrected chi connectivity index (χ4v) is 2.77. The van der Waals surface area contributed by atoms with Gasteiger partial charge in [-0.05, 0) is 28.5 Å². The van der Waals surface area contributed by atoms with Gasteiger partial charge in [-0.3, -0.25) is 4.79 Å². The second-order valence-corrected chi connectivity index (χ2v) is 8.48. The van der Waals surface area contributed by atoms with Crippen molar-refractivity contribution in [3.05, 3.63) is 39.3 Å². The Balaban J connectivity index is 2.81. The maximum absolute atomic E-state index is 13.4. The molecular formula is C19H22F3NO3. The standard InChI is InChI=1S/C19H22F3NO3/c1-17(2,3)11-7-10-8-12(16(24)23-25)15(19(20,21)22)26-14(10)13(9-11)18(4,5)6/h7-9,15H,1-6H3. The minimum atomic E-state index is -4.85. The van der Waals surface area contributed by atoms with Gasteiger partial charge in [0.25, 0.3) is 0 Å². The molecule has 1 aliphatic rings. The number of rotatable bonds is 1. The van der Waals surface area contributed by atoms with Crippen molar-refractivity contribution < 1.29 is 22.7 Å². The molecule has 142 valence electrons. The highest BCUT2D eigenvalue weighted by Crippen LogP contribution is 2.44. The Kier molecular flexibility index (Phi) is 4.81. The highest BCUT2D eigenvalue weighted by atomic mass is 19.4. The predicted octanol–water partition coefficient (Wildman–Crippen LogP) is 5.28. The third-order valence-corrected chi connectivity index (χ3v) is 4.25. The Morgan fingerprint density at radius 3 is 2.04 bits per heavy atom. The van der Waals surface area contributed by atoms with E-state index in [2.05, 4.69) is 5.18 Å². The summed E-state index contributed by atoms with van der Waals surface area (Å²) in [5.74, 6) is -1.40. The lowest BCUT2D eigenvalue weighted by molar-refractivity contribution is -0.185. The second-order valence-electron chi connectivity index (χ2n) is 8.48. The molecule has 0 spiro atoms. The summed E-state index contributed by atoms with van der Waals surface area (Å²) < 4.78 is 45.5. The molecule has 7 heteroatoms. The van der Waals surface area contributed by atoms with Crippen LogP contribution in [0.3, 0.4) is 0 Å². The van der Waals surface area contributed by atoms with Crippen LogP contribution in [0.4, 0.5) is 13.2 Å². The molecule has 0 saturated heterocycles. The zero-order valence-electron chi connectivity index (χ0n) is 15.6. The van der Waals surface area contributed by atoms with Crippen LogP contribution in [0.2, 0.25) is 0 Å². The van der Waals surface area contributed by atoms with Crippen molar-refractivity contribution in [2.75, 3.05) is 0 Å². The first kappa shape index (κ1) is 20.1. The Bertz CT molecular complexity index is 781. The number of hydrogen-bond donors (Lipinski definition) is 0. The third kappa shape index (κ3) is 3.81. The molecule has 0 N–H and O–H groups in total. The van der Waals surface area contributed by atoms with Gasteiger partial charge in [-0.25, -0.2) is 0 Å². The Morgan fingerprint density at radius 2 is 1.62 bits per heavy atom. The molecule has 1 aromatic rings. The molecule has 0 bridgehead atoms. The Labute approximate surface area is 150 Å². The second kappa shape index (κ2) is 6.21. The van der Waals surface area contributed by atoms with Gasteiger partial charge in [0.05, 0.1) is 5.57 Å². The maximum Gasteiger partial charge on any atom is 0.429 e. The number of halogens is 3. The number of amides is 1. The first-order valence-corrected chi connectivity index (χ1v) is 8.18. The van der Waals surface area contributed by atoms with Crippen LogP contribution in [0.5, 0.6) is 5.75 Å². The minimum Gasteiger partial charge on any atom is -0.475 e. The highest BCUT2D eigenvalue weighted by Gasteiger charge is 2.49. The predicted molar refractivity (Wildman–Crippen MR) is 93.1 cm³/mol. The van der Waals surface area contributed by atoms with Crippen LogP contribution in [0.1, 0.15) is 58.2 Å². The van der Waals surface area contributed by atoms with E-state index >= 15 is 0 Å². The van der Waals surface area contributed by atoms with Crippen LogP contribution in [-0.4, -0.2) is 18.2 Å². The Morgan fingerprint density at radius 1 is 1.04 bits per heavy atom. The van der Waals surface area contributed by atoms with Crippen LogP contribution in [-0.2, 0) is 15.6 Å². The number of fused-ring (bicyclic) bond motifs is 1. The molecule has 0 fully saturated rings. The molecule has 0 saturated carbocycles. The third-order valence-electron chi connectivity index (χ3n) is 4.25. The summed E-state index contributed by atoms with van der Waals surface area (Å²) in [5, 5.41) is 2.15. The van der Waals surface area contributed by atoms with Crippen molar-refractivity contribution in [1.82, 2.24) is 0 Å². The summed E-state index contributed by atoms with van der Waals surface area (Å²) in [7, 11) is 0. The van der Waals surface area contributed by atoms with E-state index in [0.717, 1.165) is 11.6 Å². The number of carbonyl (C=O) groups excluding carboxylic acids is 1. The molecule has 1 heterocycles. The topological polar surface area (TPSA) is 55.7 Å². The van der Waals surface area contributed by atoms with Crippen molar-refractivity contribution in [3.8, 4) is 5.75 Å². The molecule has 26 heavy (non-hydrogen) atoms. The van der Waals surface area contributed by atoms with Crippen molar-refractivity contribution >= 4 is 12.0 Å². The molecule has 4 nitrogen and oxygen atoms in total. The van der Waals surface area contributed by atoms with Crippen LogP contribution < -0.4 is 4.74 Å². The molecule has 0 aromatic heterocycles. The van der Waals surface area contributed by atoms with Crippen LogP contribution >= 0.6 is 0 Å². The van der Waals surface area contributed by atoms with Crippen LogP contribution in [0.25, 0.3) is 6.08 Å². The van der Waals surface area contributed by atoms with E-state index < -0.39 is 29.2 Å². The summed E-state index contributed by atoms with van der Waals surface area (Å²) in [4.78, 5) is 22.2. The fourth-order valence-electron chi connectivity index (χ4n) is 2.77. The zero-order chi connectivity index (χ0) is 20.1. The quantitative estimate of drug-likeness (QED) is 0.633. The molecule has 1 atom stereocenters. The smallest absolute Gasteiger partial charge is 0.429 e. The van der Waals surface area contributed by atoms with Gasteiger partial charge in [-0.1, -0.05) is 47.6 Å². The van der Waals surface area contributed by atoms with Gasteiger partial charge in [0, 0.05) is 16.3 Å². The molecular weight excluding hydrogens is 347 g/mol. The molecule has 2 rings (SSSR count). The summed E-state index contributed by atoms with van der Waals surface area (Å²) >= 11 is 0. The average Bonchev–Trinajstić information content (AvgIpc) is 2.48. The van der Waals surface area contributed by atoms with Crippen LogP contribution in [0, 0.1) is 4.91 Å². The largest absolute Gasteiger partial charge is 0.475 e. The average molecular weight is 369 g/mol. The number of alkyl halides is 3. The summed E-state index contributed by atoms with van der Waals surface area (Å²) in [5.41, 5.74) is 0.283. The van der Waals surface area contributed by atoms with E-state index in [1.165, 1.54) is 0 Å². The lowest BCUT2D eigenvalue weighted by atomic mass is 9.78. The van der Waals surface area contributed by atoms with Crippen molar-refractivity contribution in [2.45, 2.75) is 64.7 Å². The van der Waals surface area contributed by atoms with E-state index in [9.17, 15) is 22.9 Å². The molecule has 1 amide bonds. The zero-order valence-corrected chi connectivity index (χ0v) is 15.6. The van der Waals surface area contributed by atoms with Gasteiger partial charge in [0.15, 0.2) is 0 Å². The van der Waals surface area contributed by atoms with Crippen molar-refractivity contribution in [2.24, 2.45) is 5.18 Å². The number of hydrogen-bond acceptors (Lipinski definition) is 3. The maximum atomic E-state index is 13.4. The van der Waals surface area contributed by atoms with Gasteiger partial charge >= 0.3 is 12.1 Å². The summed E-state index contributed by atoms with van der Waals surface area (Å²) in [6, 6.07) is 3.53. The van der Waals surface area contributed by atoms with E-state index in [1.54, 1.807) is 6.07 Å². The van der Waals surface area contributed by atoms with Gasteiger partial charge < -0.3 is 4.74 Å². The number of benzene rings is 1.